The maximum absolute atomic E-state index is 6.39. The monoisotopic (exact) mass is 430 g/mol. The highest BCUT2D eigenvalue weighted by Gasteiger charge is 2.37. The summed E-state index contributed by atoms with van der Waals surface area (Å²) in [7, 11) is 0. The van der Waals surface area contributed by atoms with E-state index in [-0.39, 0.29) is 18.3 Å². The Bertz CT molecular complexity index is 956. The van der Waals surface area contributed by atoms with Gasteiger partial charge in [0, 0.05) is 0 Å². The number of rotatable bonds is 10. The molecule has 0 unspecified atom stereocenters. The molecule has 1 heterocycles. The molecule has 0 saturated heterocycles. The Balaban J connectivity index is 1.44. The summed E-state index contributed by atoms with van der Waals surface area (Å²) in [4.78, 5) is 0. The summed E-state index contributed by atoms with van der Waals surface area (Å²) in [6.07, 6.45) is 1.04. The molecule has 1 aliphatic heterocycles. The summed E-state index contributed by atoms with van der Waals surface area (Å²) in [5, 5.41) is 0. The molecule has 0 aromatic heterocycles. The van der Waals surface area contributed by atoms with E-state index >= 15 is 0 Å². The largest absolute Gasteiger partial charge is 0.493 e. The first-order chi connectivity index (χ1) is 15.8. The molecule has 0 N–H and O–H groups in total. The van der Waals surface area contributed by atoms with Crippen LogP contribution in [0.3, 0.4) is 0 Å². The standard InChI is InChI=1S/C28H30O4/c1-22-17-30-26(21-29-18-23-11-5-2-6-12-23)28(32-20-25-15-9-4-10-16-25)27(22)31-19-24-13-7-3-8-14-24/h2-17,26-28H,18-21H2,1H3/t26-,27-,28-/m1/s1. The molecule has 166 valence electrons. The quantitative estimate of drug-likeness (QED) is 0.415. The van der Waals surface area contributed by atoms with Crippen molar-refractivity contribution in [2.45, 2.75) is 45.1 Å². The van der Waals surface area contributed by atoms with Gasteiger partial charge in [-0.1, -0.05) is 91.0 Å². The molecule has 4 rings (SSSR count). The second kappa shape index (κ2) is 11.6. The Kier molecular flexibility index (Phi) is 8.10. The van der Waals surface area contributed by atoms with Gasteiger partial charge >= 0.3 is 0 Å². The van der Waals surface area contributed by atoms with E-state index in [0.29, 0.717) is 26.4 Å². The lowest BCUT2D eigenvalue weighted by Gasteiger charge is -2.37. The van der Waals surface area contributed by atoms with Crippen molar-refractivity contribution < 1.29 is 18.9 Å². The zero-order chi connectivity index (χ0) is 22.0. The van der Waals surface area contributed by atoms with Crippen molar-refractivity contribution in [3.05, 3.63) is 120 Å². The Morgan fingerprint density at radius 2 is 1.16 bits per heavy atom. The lowest BCUT2D eigenvalue weighted by atomic mass is 9.99. The minimum atomic E-state index is -0.278. The molecular weight excluding hydrogens is 400 g/mol. The van der Waals surface area contributed by atoms with Gasteiger partial charge in [0.25, 0.3) is 0 Å². The van der Waals surface area contributed by atoms with E-state index < -0.39 is 0 Å². The molecule has 0 radical (unpaired) electrons. The van der Waals surface area contributed by atoms with Crippen LogP contribution in [0.25, 0.3) is 0 Å². The maximum Gasteiger partial charge on any atom is 0.150 e. The molecule has 4 heteroatoms. The van der Waals surface area contributed by atoms with E-state index in [2.05, 4.69) is 36.4 Å². The SMILES string of the molecule is CC1=CO[C@H](COCc2ccccc2)[C@@H](OCc2ccccc2)[C@@H]1OCc1ccccc1. The lowest BCUT2D eigenvalue weighted by molar-refractivity contribution is -0.151. The Hall–Kier alpha value is -2.92. The first kappa shape index (κ1) is 22.3. The first-order valence-electron chi connectivity index (χ1n) is 11.0. The van der Waals surface area contributed by atoms with Gasteiger partial charge in [-0.3, -0.25) is 0 Å². The molecule has 0 bridgehead atoms. The number of benzene rings is 3. The van der Waals surface area contributed by atoms with Gasteiger partial charge in [-0.2, -0.15) is 0 Å². The smallest absolute Gasteiger partial charge is 0.150 e. The third-order valence-corrected chi connectivity index (χ3v) is 5.49. The Morgan fingerprint density at radius 3 is 1.72 bits per heavy atom. The fourth-order valence-corrected chi connectivity index (χ4v) is 3.74. The van der Waals surface area contributed by atoms with Crippen LogP contribution in [0.5, 0.6) is 0 Å². The number of hydrogen-bond donors (Lipinski definition) is 0. The average Bonchev–Trinajstić information content (AvgIpc) is 2.85. The van der Waals surface area contributed by atoms with Crippen LogP contribution in [0, 0.1) is 0 Å². The molecule has 0 saturated carbocycles. The summed E-state index contributed by atoms with van der Waals surface area (Å²) in [6.45, 7) is 3.98. The van der Waals surface area contributed by atoms with Crippen molar-refractivity contribution in [1.29, 1.82) is 0 Å². The predicted octanol–water partition coefficient (Wildman–Crippen LogP) is 5.68. The van der Waals surface area contributed by atoms with Crippen LogP contribution in [0.2, 0.25) is 0 Å². The van der Waals surface area contributed by atoms with E-state index in [1.165, 1.54) is 0 Å². The van der Waals surface area contributed by atoms with Crippen LogP contribution in [0.15, 0.2) is 103 Å². The second-order valence-electron chi connectivity index (χ2n) is 8.02. The Labute approximate surface area is 190 Å². The molecular formula is C28H30O4. The fraction of sp³-hybridized carbons (Fsp3) is 0.286. The molecule has 3 aromatic carbocycles. The highest BCUT2D eigenvalue weighted by Crippen LogP contribution is 2.27. The zero-order valence-corrected chi connectivity index (χ0v) is 18.4. The van der Waals surface area contributed by atoms with Crippen molar-refractivity contribution in [2.75, 3.05) is 6.61 Å². The zero-order valence-electron chi connectivity index (χ0n) is 18.4. The third kappa shape index (κ3) is 6.30. The van der Waals surface area contributed by atoms with Gasteiger partial charge in [0.1, 0.15) is 18.3 Å². The molecule has 0 spiro atoms. The summed E-state index contributed by atoms with van der Waals surface area (Å²) in [5.41, 5.74) is 4.39. The summed E-state index contributed by atoms with van der Waals surface area (Å²) < 4.78 is 24.8. The van der Waals surface area contributed by atoms with Gasteiger partial charge in [-0.25, -0.2) is 0 Å². The topological polar surface area (TPSA) is 36.9 Å². The van der Waals surface area contributed by atoms with Gasteiger partial charge in [0.05, 0.1) is 32.7 Å². The van der Waals surface area contributed by atoms with Gasteiger partial charge in [0.15, 0.2) is 0 Å². The van der Waals surface area contributed by atoms with Crippen molar-refractivity contribution in [2.24, 2.45) is 0 Å². The van der Waals surface area contributed by atoms with Crippen LogP contribution in [0.4, 0.5) is 0 Å². The highest BCUT2D eigenvalue weighted by atomic mass is 16.6. The Morgan fingerprint density at radius 1 is 0.656 bits per heavy atom. The van der Waals surface area contributed by atoms with E-state index in [0.717, 1.165) is 22.3 Å². The van der Waals surface area contributed by atoms with E-state index in [9.17, 15) is 0 Å². The lowest BCUT2D eigenvalue weighted by Crippen LogP contribution is -2.47. The summed E-state index contributed by atoms with van der Waals surface area (Å²) >= 11 is 0. The highest BCUT2D eigenvalue weighted by molar-refractivity contribution is 5.17. The van der Waals surface area contributed by atoms with Gasteiger partial charge < -0.3 is 18.9 Å². The van der Waals surface area contributed by atoms with Crippen LogP contribution in [-0.4, -0.2) is 24.9 Å². The van der Waals surface area contributed by atoms with E-state index in [4.69, 9.17) is 18.9 Å². The minimum Gasteiger partial charge on any atom is -0.493 e. The summed E-state index contributed by atoms with van der Waals surface area (Å²) in [5.74, 6) is 0. The van der Waals surface area contributed by atoms with Crippen LogP contribution in [0.1, 0.15) is 23.6 Å². The van der Waals surface area contributed by atoms with Crippen molar-refractivity contribution in [3.8, 4) is 0 Å². The first-order valence-corrected chi connectivity index (χ1v) is 11.0. The molecule has 1 aliphatic rings. The van der Waals surface area contributed by atoms with Gasteiger partial charge in [-0.15, -0.1) is 0 Å². The maximum atomic E-state index is 6.39. The van der Waals surface area contributed by atoms with Crippen LogP contribution < -0.4 is 0 Å². The minimum absolute atomic E-state index is 0.210. The normalized spacial score (nSPS) is 20.4. The van der Waals surface area contributed by atoms with Crippen LogP contribution >= 0.6 is 0 Å². The molecule has 0 amide bonds. The van der Waals surface area contributed by atoms with Crippen molar-refractivity contribution in [1.82, 2.24) is 0 Å². The molecule has 3 aromatic rings. The fourth-order valence-electron chi connectivity index (χ4n) is 3.74. The van der Waals surface area contributed by atoms with E-state index in [1.807, 2.05) is 61.5 Å². The number of ether oxygens (including phenoxy) is 4. The molecule has 4 nitrogen and oxygen atoms in total. The predicted molar refractivity (Wildman–Crippen MR) is 125 cm³/mol. The average molecular weight is 431 g/mol. The van der Waals surface area contributed by atoms with Crippen molar-refractivity contribution >= 4 is 0 Å². The summed E-state index contributed by atoms with van der Waals surface area (Å²) in [6, 6.07) is 30.5. The number of hydrogen-bond acceptors (Lipinski definition) is 4. The van der Waals surface area contributed by atoms with Gasteiger partial charge in [-0.05, 0) is 29.2 Å². The molecule has 3 atom stereocenters. The molecule has 0 aliphatic carbocycles. The van der Waals surface area contributed by atoms with Gasteiger partial charge in [0.2, 0.25) is 0 Å². The second-order valence-corrected chi connectivity index (χ2v) is 8.02. The van der Waals surface area contributed by atoms with Crippen LogP contribution in [-0.2, 0) is 38.8 Å². The molecule has 0 fully saturated rings. The van der Waals surface area contributed by atoms with E-state index in [1.54, 1.807) is 6.26 Å². The molecule has 32 heavy (non-hydrogen) atoms. The van der Waals surface area contributed by atoms with Crippen molar-refractivity contribution in [3.63, 3.8) is 0 Å². The third-order valence-electron chi connectivity index (χ3n) is 5.49.